The van der Waals surface area contributed by atoms with Gasteiger partial charge in [0.15, 0.2) is 0 Å². The van der Waals surface area contributed by atoms with Crippen LogP contribution in [-0.4, -0.2) is 18.4 Å². The lowest BCUT2D eigenvalue weighted by molar-refractivity contribution is -0.120. The monoisotopic (exact) mass is 300 g/mol. The molecule has 4 nitrogen and oxygen atoms in total. The number of carbonyl (C=O) groups is 2. The van der Waals surface area contributed by atoms with Crippen molar-refractivity contribution in [2.24, 2.45) is 0 Å². The predicted octanol–water partition coefficient (Wildman–Crippen LogP) is 2.18. The number of amides is 2. The van der Waals surface area contributed by atoms with E-state index in [9.17, 15) is 14.0 Å². The molecule has 0 aromatic heterocycles. The van der Waals surface area contributed by atoms with Crippen LogP contribution in [-0.2, 0) is 11.3 Å². The average molecular weight is 300 g/mol. The van der Waals surface area contributed by atoms with Crippen LogP contribution in [0.2, 0.25) is 0 Å². The third-order valence-corrected chi connectivity index (χ3v) is 3.20. The first-order valence-electron chi connectivity index (χ1n) is 6.91. The summed E-state index contributed by atoms with van der Waals surface area (Å²) in [7, 11) is 0. The second kappa shape index (κ2) is 7.36. The van der Waals surface area contributed by atoms with Gasteiger partial charge in [0.25, 0.3) is 5.91 Å². The molecule has 2 aromatic carbocycles. The van der Waals surface area contributed by atoms with E-state index in [4.69, 9.17) is 0 Å². The summed E-state index contributed by atoms with van der Waals surface area (Å²) in [5.74, 6) is -0.901. The van der Waals surface area contributed by atoms with Crippen molar-refractivity contribution in [1.82, 2.24) is 10.6 Å². The van der Waals surface area contributed by atoms with Gasteiger partial charge in [0.2, 0.25) is 5.91 Å². The van der Waals surface area contributed by atoms with Crippen LogP contribution in [0.1, 0.15) is 21.5 Å². The van der Waals surface area contributed by atoms with Crippen molar-refractivity contribution < 1.29 is 14.0 Å². The van der Waals surface area contributed by atoms with Crippen LogP contribution in [0.5, 0.6) is 0 Å². The van der Waals surface area contributed by atoms with E-state index in [2.05, 4.69) is 10.6 Å². The van der Waals surface area contributed by atoms with Crippen LogP contribution in [0.4, 0.5) is 4.39 Å². The molecule has 114 valence electrons. The van der Waals surface area contributed by atoms with Crippen molar-refractivity contribution in [1.29, 1.82) is 0 Å². The number of hydrogen-bond donors (Lipinski definition) is 2. The summed E-state index contributed by atoms with van der Waals surface area (Å²) in [5, 5.41) is 5.24. The largest absolute Gasteiger partial charge is 0.350 e. The molecule has 0 bridgehead atoms. The fourth-order valence-electron chi connectivity index (χ4n) is 1.95. The highest BCUT2D eigenvalue weighted by molar-refractivity contribution is 5.97. The molecule has 0 unspecified atom stereocenters. The Morgan fingerprint density at radius 1 is 1.00 bits per heavy atom. The third kappa shape index (κ3) is 4.41. The number of benzene rings is 2. The topological polar surface area (TPSA) is 58.2 Å². The summed E-state index contributed by atoms with van der Waals surface area (Å²) in [6, 6.07) is 13.0. The Balaban J connectivity index is 1.79. The summed E-state index contributed by atoms with van der Waals surface area (Å²) < 4.78 is 12.8. The molecule has 2 amide bonds. The first-order chi connectivity index (χ1) is 10.6. The normalized spacial score (nSPS) is 10.1. The van der Waals surface area contributed by atoms with Crippen molar-refractivity contribution in [3.8, 4) is 0 Å². The van der Waals surface area contributed by atoms with E-state index >= 15 is 0 Å². The lowest BCUT2D eigenvalue weighted by atomic mass is 10.1. The lowest BCUT2D eigenvalue weighted by Gasteiger charge is -2.08. The van der Waals surface area contributed by atoms with Gasteiger partial charge in [-0.1, -0.05) is 30.3 Å². The van der Waals surface area contributed by atoms with E-state index < -0.39 is 0 Å². The fourth-order valence-corrected chi connectivity index (χ4v) is 1.95. The minimum Gasteiger partial charge on any atom is -0.350 e. The first-order valence-corrected chi connectivity index (χ1v) is 6.91. The first kappa shape index (κ1) is 15.7. The van der Waals surface area contributed by atoms with E-state index in [1.165, 1.54) is 12.1 Å². The molecule has 0 saturated heterocycles. The number of hydrogen-bond acceptors (Lipinski definition) is 2. The van der Waals surface area contributed by atoms with Crippen molar-refractivity contribution >= 4 is 11.8 Å². The molecule has 0 saturated carbocycles. The number of nitrogens with one attached hydrogen (secondary N) is 2. The van der Waals surface area contributed by atoms with Gasteiger partial charge in [-0.05, 0) is 36.2 Å². The summed E-state index contributed by atoms with van der Waals surface area (Å²) in [6.07, 6.45) is 0. The van der Waals surface area contributed by atoms with Gasteiger partial charge in [0.05, 0.1) is 6.54 Å². The van der Waals surface area contributed by atoms with Gasteiger partial charge in [-0.15, -0.1) is 0 Å². The zero-order valence-corrected chi connectivity index (χ0v) is 12.2. The highest BCUT2D eigenvalue weighted by Gasteiger charge is 2.09. The fraction of sp³-hybridized carbons (Fsp3) is 0.176. The molecule has 2 aromatic rings. The second-order valence-electron chi connectivity index (χ2n) is 4.90. The van der Waals surface area contributed by atoms with E-state index in [-0.39, 0.29) is 24.2 Å². The van der Waals surface area contributed by atoms with E-state index in [0.29, 0.717) is 12.1 Å². The standard InChI is InChI=1S/C17H17FN2O2/c1-12-4-2-3-5-15(12)17(22)20-11-16(21)19-10-13-6-8-14(18)9-7-13/h2-9H,10-11H2,1H3,(H,19,21)(H,20,22). The predicted molar refractivity (Wildman–Crippen MR) is 81.8 cm³/mol. The summed E-state index contributed by atoms with van der Waals surface area (Å²) in [4.78, 5) is 23.7. The van der Waals surface area contributed by atoms with Crippen molar-refractivity contribution in [3.05, 3.63) is 71.0 Å². The third-order valence-electron chi connectivity index (χ3n) is 3.20. The van der Waals surface area contributed by atoms with E-state index in [1.807, 2.05) is 19.1 Å². The van der Waals surface area contributed by atoms with E-state index in [1.54, 1.807) is 24.3 Å². The number of aryl methyl sites for hydroxylation is 1. The molecule has 5 heteroatoms. The molecule has 2 N–H and O–H groups in total. The minimum atomic E-state index is -0.319. The maximum atomic E-state index is 12.8. The molecular weight excluding hydrogens is 283 g/mol. The molecule has 2 rings (SSSR count). The molecule has 0 spiro atoms. The quantitative estimate of drug-likeness (QED) is 0.889. The van der Waals surface area contributed by atoms with Gasteiger partial charge < -0.3 is 10.6 Å². The highest BCUT2D eigenvalue weighted by Crippen LogP contribution is 2.06. The van der Waals surface area contributed by atoms with Gasteiger partial charge in [-0.3, -0.25) is 9.59 Å². The maximum absolute atomic E-state index is 12.8. The number of carbonyl (C=O) groups excluding carboxylic acids is 2. The maximum Gasteiger partial charge on any atom is 0.251 e. The lowest BCUT2D eigenvalue weighted by Crippen LogP contribution is -2.36. The molecule has 0 heterocycles. The van der Waals surface area contributed by atoms with Gasteiger partial charge in [0, 0.05) is 12.1 Å². The van der Waals surface area contributed by atoms with E-state index in [0.717, 1.165) is 11.1 Å². The van der Waals surface area contributed by atoms with Crippen molar-refractivity contribution in [2.75, 3.05) is 6.54 Å². The Morgan fingerprint density at radius 2 is 1.68 bits per heavy atom. The van der Waals surface area contributed by atoms with Crippen molar-refractivity contribution in [2.45, 2.75) is 13.5 Å². The SMILES string of the molecule is Cc1ccccc1C(=O)NCC(=O)NCc1ccc(F)cc1. The van der Waals surface area contributed by atoms with Gasteiger partial charge >= 0.3 is 0 Å². The summed E-state index contributed by atoms with van der Waals surface area (Å²) >= 11 is 0. The molecule has 0 aliphatic rings. The molecule has 22 heavy (non-hydrogen) atoms. The molecule has 0 aliphatic heterocycles. The van der Waals surface area contributed by atoms with Crippen LogP contribution >= 0.6 is 0 Å². The Labute approximate surface area is 128 Å². The summed E-state index contributed by atoms with van der Waals surface area (Å²) in [5.41, 5.74) is 2.19. The average Bonchev–Trinajstić information content (AvgIpc) is 2.52. The Hall–Kier alpha value is -2.69. The van der Waals surface area contributed by atoms with Crippen LogP contribution in [0.15, 0.2) is 48.5 Å². The van der Waals surface area contributed by atoms with Crippen LogP contribution in [0.25, 0.3) is 0 Å². The minimum absolute atomic E-state index is 0.103. The Bertz CT molecular complexity index is 669. The Morgan fingerprint density at radius 3 is 2.36 bits per heavy atom. The number of halogens is 1. The van der Waals surface area contributed by atoms with Gasteiger partial charge in [0.1, 0.15) is 5.82 Å². The highest BCUT2D eigenvalue weighted by atomic mass is 19.1. The second-order valence-corrected chi connectivity index (χ2v) is 4.90. The van der Waals surface area contributed by atoms with Crippen LogP contribution < -0.4 is 10.6 Å². The molecule has 0 radical (unpaired) electrons. The van der Waals surface area contributed by atoms with Gasteiger partial charge in [-0.2, -0.15) is 0 Å². The molecule has 0 fully saturated rings. The summed E-state index contributed by atoms with van der Waals surface area (Å²) in [6.45, 7) is 2.03. The molecule has 0 atom stereocenters. The van der Waals surface area contributed by atoms with Crippen LogP contribution in [0.3, 0.4) is 0 Å². The molecular formula is C17H17FN2O2. The van der Waals surface area contributed by atoms with Crippen LogP contribution in [0, 0.1) is 12.7 Å². The zero-order chi connectivity index (χ0) is 15.9. The smallest absolute Gasteiger partial charge is 0.251 e. The Kier molecular flexibility index (Phi) is 5.25. The zero-order valence-electron chi connectivity index (χ0n) is 12.2. The number of rotatable bonds is 5. The van der Waals surface area contributed by atoms with Gasteiger partial charge in [-0.25, -0.2) is 4.39 Å². The van der Waals surface area contributed by atoms with Crippen molar-refractivity contribution in [3.63, 3.8) is 0 Å². The molecule has 0 aliphatic carbocycles.